The van der Waals surface area contributed by atoms with E-state index in [1.54, 1.807) is 31.4 Å². The molecule has 1 atom stereocenters. The molecule has 1 heterocycles. The molecule has 0 saturated carbocycles. The number of hydrogen-bond acceptors (Lipinski definition) is 6. The fraction of sp³-hybridized carbons (Fsp3) is 0.400. The minimum Gasteiger partial charge on any atom is -0.497 e. The van der Waals surface area contributed by atoms with Gasteiger partial charge in [-0.1, -0.05) is 0 Å². The van der Waals surface area contributed by atoms with Crippen molar-refractivity contribution < 1.29 is 22.6 Å². The van der Waals surface area contributed by atoms with E-state index in [-0.39, 0.29) is 16.7 Å². The van der Waals surface area contributed by atoms with Crippen LogP contribution in [0.5, 0.6) is 11.5 Å². The molecule has 152 valence electrons. The SMILES string of the molecule is COc1ccc(OC)c(S(=O)(=O)Nc2ccc(N3CCCC(OC)C3)cc2)c1. The van der Waals surface area contributed by atoms with Gasteiger partial charge in [0.15, 0.2) is 0 Å². The third-order valence-corrected chi connectivity index (χ3v) is 6.26. The molecule has 1 unspecified atom stereocenters. The maximum atomic E-state index is 12.8. The van der Waals surface area contributed by atoms with Crippen LogP contribution in [0.2, 0.25) is 0 Å². The zero-order valence-electron chi connectivity index (χ0n) is 16.3. The van der Waals surface area contributed by atoms with E-state index in [0.29, 0.717) is 11.4 Å². The van der Waals surface area contributed by atoms with E-state index in [1.807, 2.05) is 12.1 Å². The topological polar surface area (TPSA) is 77.1 Å². The molecule has 3 rings (SSSR count). The van der Waals surface area contributed by atoms with Crippen LogP contribution in [0.4, 0.5) is 11.4 Å². The Bertz CT molecular complexity index is 899. The molecular weight excluding hydrogens is 380 g/mol. The molecule has 0 spiro atoms. The molecule has 0 amide bonds. The summed E-state index contributed by atoms with van der Waals surface area (Å²) in [5, 5.41) is 0. The molecule has 1 N–H and O–H groups in total. The Hall–Kier alpha value is -2.45. The molecule has 0 bridgehead atoms. The van der Waals surface area contributed by atoms with Gasteiger partial charge in [-0.05, 0) is 49.2 Å². The van der Waals surface area contributed by atoms with Gasteiger partial charge in [0.05, 0.1) is 20.3 Å². The van der Waals surface area contributed by atoms with Crippen LogP contribution >= 0.6 is 0 Å². The number of rotatable bonds is 7. The monoisotopic (exact) mass is 406 g/mol. The van der Waals surface area contributed by atoms with E-state index in [1.165, 1.54) is 20.3 Å². The molecule has 7 nitrogen and oxygen atoms in total. The van der Waals surface area contributed by atoms with Gasteiger partial charge < -0.3 is 19.1 Å². The average molecular weight is 407 g/mol. The first-order chi connectivity index (χ1) is 13.5. The lowest BCUT2D eigenvalue weighted by Crippen LogP contribution is -2.39. The fourth-order valence-electron chi connectivity index (χ4n) is 3.31. The quantitative estimate of drug-likeness (QED) is 0.761. The van der Waals surface area contributed by atoms with Crippen molar-refractivity contribution in [1.82, 2.24) is 0 Å². The highest BCUT2D eigenvalue weighted by molar-refractivity contribution is 7.92. The first-order valence-corrected chi connectivity index (χ1v) is 10.6. The Balaban J connectivity index is 1.78. The molecule has 0 aromatic heterocycles. The van der Waals surface area contributed by atoms with Crippen LogP contribution in [-0.4, -0.2) is 48.9 Å². The molecule has 0 radical (unpaired) electrons. The summed E-state index contributed by atoms with van der Waals surface area (Å²) in [6.07, 6.45) is 2.36. The average Bonchev–Trinajstić information content (AvgIpc) is 2.73. The van der Waals surface area contributed by atoms with Gasteiger partial charge in [0.25, 0.3) is 10.0 Å². The van der Waals surface area contributed by atoms with Crippen molar-refractivity contribution in [1.29, 1.82) is 0 Å². The highest BCUT2D eigenvalue weighted by Crippen LogP contribution is 2.30. The van der Waals surface area contributed by atoms with Gasteiger partial charge in [-0.15, -0.1) is 0 Å². The first-order valence-electron chi connectivity index (χ1n) is 9.09. The predicted octanol–water partition coefficient (Wildman–Crippen LogP) is 3.12. The van der Waals surface area contributed by atoms with Crippen molar-refractivity contribution >= 4 is 21.4 Å². The van der Waals surface area contributed by atoms with E-state index < -0.39 is 10.0 Å². The summed E-state index contributed by atoms with van der Waals surface area (Å²) >= 11 is 0. The van der Waals surface area contributed by atoms with Gasteiger partial charge in [0, 0.05) is 37.6 Å². The zero-order chi connectivity index (χ0) is 20.1. The number of nitrogens with one attached hydrogen (secondary N) is 1. The van der Waals surface area contributed by atoms with Crippen molar-refractivity contribution in [3.63, 3.8) is 0 Å². The van der Waals surface area contributed by atoms with E-state index >= 15 is 0 Å². The Labute approximate surface area is 166 Å². The number of ether oxygens (including phenoxy) is 3. The molecule has 1 aliphatic heterocycles. The third-order valence-electron chi connectivity index (χ3n) is 4.86. The van der Waals surface area contributed by atoms with E-state index in [9.17, 15) is 8.42 Å². The van der Waals surface area contributed by atoms with Gasteiger partial charge >= 0.3 is 0 Å². The van der Waals surface area contributed by atoms with Gasteiger partial charge in [-0.2, -0.15) is 0 Å². The molecule has 2 aromatic carbocycles. The summed E-state index contributed by atoms with van der Waals surface area (Å²) in [5.41, 5.74) is 1.53. The predicted molar refractivity (Wildman–Crippen MR) is 109 cm³/mol. The van der Waals surface area contributed by atoms with Crippen LogP contribution in [-0.2, 0) is 14.8 Å². The summed E-state index contributed by atoms with van der Waals surface area (Å²) in [6, 6.07) is 12.0. The minimum absolute atomic E-state index is 0.0254. The molecule has 28 heavy (non-hydrogen) atoms. The van der Waals surface area contributed by atoms with Crippen LogP contribution < -0.4 is 19.1 Å². The Morgan fingerprint density at radius 3 is 2.43 bits per heavy atom. The Kier molecular flexibility index (Phi) is 6.31. The fourth-order valence-corrected chi connectivity index (χ4v) is 4.55. The lowest BCUT2D eigenvalue weighted by atomic mass is 10.1. The normalized spacial score (nSPS) is 17.2. The standard InChI is InChI=1S/C20H26N2O5S/c1-25-17-10-11-19(27-3)20(13-17)28(23,24)21-15-6-8-16(9-7-15)22-12-4-5-18(14-22)26-2/h6-11,13,18,21H,4-5,12,14H2,1-3H3. The number of methoxy groups -OCH3 is 3. The summed E-state index contributed by atoms with van der Waals surface area (Å²) in [6.45, 7) is 1.80. The second kappa shape index (κ2) is 8.70. The smallest absolute Gasteiger partial charge is 0.265 e. The van der Waals surface area contributed by atoms with E-state index in [2.05, 4.69) is 9.62 Å². The van der Waals surface area contributed by atoms with Crippen LogP contribution in [0.15, 0.2) is 47.4 Å². The second-order valence-electron chi connectivity index (χ2n) is 6.62. The van der Waals surface area contributed by atoms with Crippen molar-refractivity contribution in [3.05, 3.63) is 42.5 Å². The van der Waals surface area contributed by atoms with Crippen molar-refractivity contribution in [2.24, 2.45) is 0 Å². The number of piperidine rings is 1. The Morgan fingerprint density at radius 2 is 1.79 bits per heavy atom. The molecule has 1 aliphatic rings. The highest BCUT2D eigenvalue weighted by atomic mass is 32.2. The first kappa shape index (κ1) is 20.3. The van der Waals surface area contributed by atoms with Crippen LogP contribution in [0, 0.1) is 0 Å². The van der Waals surface area contributed by atoms with Crippen molar-refractivity contribution in [2.45, 2.75) is 23.8 Å². The number of nitrogens with zero attached hydrogens (tertiary/aromatic N) is 1. The summed E-state index contributed by atoms with van der Waals surface area (Å²) < 4.78 is 44.1. The highest BCUT2D eigenvalue weighted by Gasteiger charge is 2.22. The summed E-state index contributed by atoms with van der Waals surface area (Å²) in [7, 11) is 0.825. The maximum Gasteiger partial charge on any atom is 0.265 e. The number of hydrogen-bond donors (Lipinski definition) is 1. The second-order valence-corrected chi connectivity index (χ2v) is 8.27. The van der Waals surface area contributed by atoms with Crippen molar-refractivity contribution in [2.75, 3.05) is 44.0 Å². The van der Waals surface area contributed by atoms with E-state index in [0.717, 1.165) is 31.6 Å². The largest absolute Gasteiger partial charge is 0.497 e. The molecule has 1 fully saturated rings. The molecule has 2 aromatic rings. The third kappa shape index (κ3) is 4.51. The summed E-state index contributed by atoms with van der Waals surface area (Å²) in [4.78, 5) is 2.28. The van der Waals surface area contributed by atoms with Crippen LogP contribution in [0.1, 0.15) is 12.8 Å². The Morgan fingerprint density at radius 1 is 1.04 bits per heavy atom. The zero-order valence-corrected chi connectivity index (χ0v) is 17.2. The van der Waals surface area contributed by atoms with Crippen LogP contribution in [0.3, 0.4) is 0 Å². The lowest BCUT2D eigenvalue weighted by Gasteiger charge is -2.33. The van der Waals surface area contributed by atoms with Gasteiger partial charge in [-0.3, -0.25) is 4.72 Å². The van der Waals surface area contributed by atoms with Crippen molar-refractivity contribution in [3.8, 4) is 11.5 Å². The van der Waals surface area contributed by atoms with Gasteiger partial charge in [-0.25, -0.2) is 8.42 Å². The minimum atomic E-state index is -3.83. The molecule has 1 saturated heterocycles. The lowest BCUT2D eigenvalue weighted by molar-refractivity contribution is 0.0893. The number of benzene rings is 2. The van der Waals surface area contributed by atoms with E-state index in [4.69, 9.17) is 14.2 Å². The molecule has 8 heteroatoms. The van der Waals surface area contributed by atoms with Gasteiger partial charge in [0.2, 0.25) is 0 Å². The molecule has 0 aliphatic carbocycles. The molecular formula is C20H26N2O5S. The number of sulfonamides is 1. The van der Waals surface area contributed by atoms with Crippen LogP contribution in [0.25, 0.3) is 0 Å². The van der Waals surface area contributed by atoms with Gasteiger partial charge in [0.1, 0.15) is 16.4 Å². The number of anilines is 2. The summed E-state index contributed by atoms with van der Waals surface area (Å²) in [5.74, 6) is 0.693. The maximum absolute atomic E-state index is 12.8.